The standard InChI is InChI=1S/C18H13Cl2N3O2S/c19-12-6-7-13(14(20)8-12)16(24)23-18-22-15(10-26-18)17(25)21-9-11-4-2-1-3-5-11/h1-8,10H,9H2,(H,21,25)(H,22,23,24). The fourth-order valence-corrected chi connectivity index (χ4v) is 3.32. The van der Waals surface area contributed by atoms with Crippen molar-refractivity contribution in [3.8, 4) is 0 Å². The van der Waals surface area contributed by atoms with E-state index >= 15 is 0 Å². The second-order valence-electron chi connectivity index (χ2n) is 5.28. The van der Waals surface area contributed by atoms with Crippen molar-refractivity contribution in [2.24, 2.45) is 0 Å². The Morgan fingerprint density at radius 3 is 2.54 bits per heavy atom. The molecule has 0 fully saturated rings. The van der Waals surface area contributed by atoms with Crippen LogP contribution in [0.2, 0.25) is 10.0 Å². The molecule has 1 aromatic heterocycles. The number of carbonyl (C=O) groups excluding carboxylic acids is 2. The molecule has 2 N–H and O–H groups in total. The van der Waals surface area contributed by atoms with Crippen LogP contribution in [0.4, 0.5) is 5.13 Å². The molecule has 3 aromatic rings. The van der Waals surface area contributed by atoms with Gasteiger partial charge in [0.1, 0.15) is 5.69 Å². The molecule has 0 aliphatic carbocycles. The van der Waals surface area contributed by atoms with Crippen LogP contribution in [0.3, 0.4) is 0 Å². The largest absolute Gasteiger partial charge is 0.347 e. The van der Waals surface area contributed by atoms with Crippen molar-refractivity contribution in [2.45, 2.75) is 6.54 Å². The van der Waals surface area contributed by atoms with Gasteiger partial charge in [0.05, 0.1) is 10.6 Å². The Balaban J connectivity index is 1.62. The number of aromatic nitrogens is 1. The number of carbonyl (C=O) groups is 2. The molecular formula is C18H13Cl2N3O2S. The van der Waals surface area contributed by atoms with E-state index in [1.807, 2.05) is 30.3 Å². The van der Waals surface area contributed by atoms with Gasteiger partial charge in [-0.2, -0.15) is 0 Å². The molecule has 2 amide bonds. The second-order valence-corrected chi connectivity index (χ2v) is 6.99. The average Bonchev–Trinajstić information content (AvgIpc) is 3.09. The molecule has 0 saturated heterocycles. The molecule has 0 atom stereocenters. The molecule has 8 heteroatoms. The van der Waals surface area contributed by atoms with Crippen LogP contribution < -0.4 is 10.6 Å². The molecule has 1 heterocycles. The van der Waals surface area contributed by atoms with Gasteiger partial charge in [-0.1, -0.05) is 53.5 Å². The summed E-state index contributed by atoms with van der Waals surface area (Å²) < 4.78 is 0. The maximum Gasteiger partial charge on any atom is 0.271 e. The minimum atomic E-state index is -0.419. The summed E-state index contributed by atoms with van der Waals surface area (Å²) in [6.07, 6.45) is 0. The Morgan fingerprint density at radius 2 is 1.81 bits per heavy atom. The third kappa shape index (κ3) is 4.60. The summed E-state index contributed by atoms with van der Waals surface area (Å²) in [7, 11) is 0. The zero-order valence-corrected chi connectivity index (χ0v) is 15.7. The van der Waals surface area contributed by atoms with E-state index < -0.39 is 5.91 Å². The lowest BCUT2D eigenvalue weighted by molar-refractivity contribution is 0.0945. The Bertz CT molecular complexity index is 945. The van der Waals surface area contributed by atoms with Gasteiger partial charge in [-0.05, 0) is 23.8 Å². The molecule has 0 spiro atoms. The third-order valence-corrected chi connectivity index (χ3v) is 4.73. The highest BCUT2D eigenvalue weighted by molar-refractivity contribution is 7.14. The van der Waals surface area contributed by atoms with Crippen LogP contribution in [0.1, 0.15) is 26.4 Å². The molecule has 0 aliphatic rings. The fraction of sp³-hybridized carbons (Fsp3) is 0.0556. The Kier molecular flexibility index (Phi) is 5.88. The fourth-order valence-electron chi connectivity index (χ4n) is 2.14. The SMILES string of the molecule is O=C(NCc1ccccc1)c1csc(NC(=O)c2ccc(Cl)cc2Cl)n1. The zero-order chi connectivity index (χ0) is 18.5. The first-order chi connectivity index (χ1) is 12.5. The van der Waals surface area contributed by atoms with Crippen LogP contribution in [0, 0.1) is 0 Å². The first-order valence-electron chi connectivity index (χ1n) is 7.57. The van der Waals surface area contributed by atoms with Crippen molar-refractivity contribution in [1.29, 1.82) is 0 Å². The average molecular weight is 406 g/mol. The number of hydrogen-bond acceptors (Lipinski definition) is 4. The van der Waals surface area contributed by atoms with Gasteiger partial charge in [-0.25, -0.2) is 4.98 Å². The smallest absolute Gasteiger partial charge is 0.271 e. The number of anilines is 1. The van der Waals surface area contributed by atoms with Gasteiger partial charge in [0, 0.05) is 16.9 Å². The monoisotopic (exact) mass is 405 g/mol. The zero-order valence-electron chi connectivity index (χ0n) is 13.3. The van der Waals surface area contributed by atoms with Crippen LogP contribution in [0.5, 0.6) is 0 Å². The van der Waals surface area contributed by atoms with E-state index in [2.05, 4.69) is 15.6 Å². The first kappa shape index (κ1) is 18.4. The molecule has 3 rings (SSSR count). The Hall–Kier alpha value is -2.41. The number of thiazole rings is 1. The minimum Gasteiger partial charge on any atom is -0.347 e. The van der Waals surface area contributed by atoms with E-state index in [4.69, 9.17) is 23.2 Å². The summed E-state index contributed by atoms with van der Waals surface area (Å²) in [4.78, 5) is 28.6. The molecule has 0 radical (unpaired) electrons. The van der Waals surface area contributed by atoms with Crippen molar-refractivity contribution in [1.82, 2.24) is 10.3 Å². The van der Waals surface area contributed by atoms with Gasteiger partial charge in [-0.3, -0.25) is 14.9 Å². The van der Waals surface area contributed by atoms with Gasteiger partial charge < -0.3 is 5.32 Å². The highest BCUT2D eigenvalue weighted by Crippen LogP contribution is 2.23. The van der Waals surface area contributed by atoms with Crippen LogP contribution >= 0.6 is 34.5 Å². The number of benzene rings is 2. The van der Waals surface area contributed by atoms with E-state index in [0.717, 1.165) is 16.9 Å². The molecule has 0 unspecified atom stereocenters. The van der Waals surface area contributed by atoms with E-state index in [1.54, 1.807) is 11.4 Å². The second kappa shape index (κ2) is 8.31. The van der Waals surface area contributed by atoms with Crippen molar-refractivity contribution in [3.05, 3.63) is 80.8 Å². The highest BCUT2D eigenvalue weighted by atomic mass is 35.5. The molecule has 26 heavy (non-hydrogen) atoms. The van der Waals surface area contributed by atoms with Gasteiger partial charge in [0.15, 0.2) is 5.13 Å². The summed E-state index contributed by atoms with van der Waals surface area (Å²) in [5, 5.41) is 7.99. The van der Waals surface area contributed by atoms with E-state index in [1.165, 1.54) is 12.1 Å². The number of nitrogens with one attached hydrogen (secondary N) is 2. The van der Waals surface area contributed by atoms with E-state index in [9.17, 15) is 9.59 Å². The number of nitrogens with zero attached hydrogens (tertiary/aromatic N) is 1. The predicted molar refractivity (Wildman–Crippen MR) is 104 cm³/mol. The molecule has 0 saturated carbocycles. The maximum absolute atomic E-state index is 12.3. The van der Waals surface area contributed by atoms with Crippen LogP contribution in [0.15, 0.2) is 53.9 Å². The first-order valence-corrected chi connectivity index (χ1v) is 9.20. The molecule has 2 aromatic carbocycles. The normalized spacial score (nSPS) is 10.4. The number of rotatable bonds is 5. The summed E-state index contributed by atoms with van der Waals surface area (Å²) in [6.45, 7) is 0.402. The summed E-state index contributed by atoms with van der Waals surface area (Å²) >= 11 is 13.0. The van der Waals surface area contributed by atoms with Crippen molar-refractivity contribution < 1.29 is 9.59 Å². The maximum atomic E-state index is 12.3. The molecule has 5 nitrogen and oxygen atoms in total. The lowest BCUT2D eigenvalue weighted by atomic mass is 10.2. The quantitative estimate of drug-likeness (QED) is 0.649. The van der Waals surface area contributed by atoms with Crippen LogP contribution in [-0.2, 0) is 6.54 Å². The number of amides is 2. The van der Waals surface area contributed by atoms with Crippen molar-refractivity contribution in [3.63, 3.8) is 0 Å². The van der Waals surface area contributed by atoms with Gasteiger partial charge in [0.2, 0.25) is 0 Å². The van der Waals surface area contributed by atoms with Gasteiger partial charge in [-0.15, -0.1) is 11.3 Å². The minimum absolute atomic E-state index is 0.239. The molecular weight excluding hydrogens is 393 g/mol. The van der Waals surface area contributed by atoms with Crippen molar-refractivity contribution >= 4 is 51.5 Å². The summed E-state index contributed by atoms with van der Waals surface area (Å²) in [5.41, 5.74) is 1.51. The highest BCUT2D eigenvalue weighted by Gasteiger charge is 2.15. The molecule has 132 valence electrons. The topological polar surface area (TPSA) is 71.1 Å². The summed E-state index contributed by atoms with van der Waals surface area (Å²) in [5.74, 6) is -0.729. The van der Waals surface area contributed by atoms with Crippen LogP contribution in [-0.4, -0.2) is 16.8 Å². The van der Waals surface area contributed by atoms with Gasteiger partial charge >= 0.3 is 0 Å². The number of halogens is 2. The predicted octanol–water partition coefficient (Wildman–Crippen LogP) is 4.63. The van der Waals surface area contributed by atoms with Crippen LogP contribution in [0.25, 0.3) is 0 Å². The van der Waals surface area contributed by atoms with Crippen molar-refractivity contribution in [2.75, 3.05) is 5.32 Å². The third-order valence-electron chi connectivity index (χ3n) is 3.43. The van der Waals surface area contributed by atoms with Gasteiger partial charge in [0.25, 0.3) is 11.8 Å². The van der Waals surface area contributed by atoms with E-state index in [-0.39, 0.29) is 22.2 Å². The lowest BCUT2D eigenvalue weighted by Gasteiger charge is -2.04. The molecule has 0 bridgehead atoms. The number of hydrogen-bond donors (Lipinski definition) is 2. The van der Waals surface area contributed by atoms with E-state index in [0.29, 0.717) is 16.7 Å². The Morgan fingerprint density at radius 1 is 1.04 bits per heavy atom. The summed E-state index contributed by atoms with van der Waals surface area (Å²) in [6, 6.07) is 14.1. The molecule has 0 aliphatic heterocycles. The lowest BCUT2D eigenvalue weighted by Crippen LogP contribution is -2.23. The Labute approximate surface area is 164 Å².